The van der Waals surface area contributed by atoms with Crippen LogP contribution in [0.25, 0.3) is 0 Å². The summed E-state index contributed by atoms with van der Waals surface area (Å²) in [5.41, 5.74) is -0.244. The smallest absolute Gasteiger partial charge is 0.109 e. The van der Waals surface area contributed by atoms with Crippen LogP contribution in [0.4, 0.5) is 0 Å². The fraction of sp³-hybridized carbons (Fsp3) is 0.944. The SMILES string of the molecule is CC1CCC(OCCC2CCCC2(C#N)NC2CC2)CC1. The van der Waals surface area contributed by atoms with E-state index in [2.05, 4.69) is 18.3 Å². The lowest BCUT2D eigenvalue weighted by molar-refractivity contribution is 0.0105. The Morgan fingerprint density at radius 1 is 1.14 bits per heavy atom. The summed E-state index contributed by atoms with van der Waals surface area (Å²) in [7, 11) is 0. The topological polar surface area (TPSA) is 45.0 Å². The van der Waals surface area contributed by atoms with E-state index < -0.39 is 0 Å². The lowest BCUT2D eigenvalue weighted by atomic mass is 9.85. The molecule has 0 spiro atoms. The molecule has 0 aromatic rings. The molecule has 0 bridgehead atoms. The number of nitriles is 1. The highest BCUT2D eigenvalue weighted by molar-refractivity contribution is 5.16. The van der Waals surface area contributed by atoms with Gasteiger partial charge in [-0.2, -0.15) is 5.26 Å². The molecule has 3 heteroatoms. The first-order valence-electron chi connectivity index (χ1n) is 9.02. The van der Waals surface area contributed by atoms with Crippen LogP contribution in [-0.4, -0.2) is 24.3 Å². The van der Waals surface area contributed by atoms with Gasteiger partial charge in [-0.15, -0.1) is 0 Å². The molecule has 0 heterocycles. The molecule has 118 valence electrons. The summed E-state index contributed by atoms with van der Waals surface area (Å²) in [6.45, 7) is 3.19. The zero-order chi connectivity index (χ0) is 14.7. The molecule has 0 amide bonds. The van der Waals surface area contributed by atoms with Crippen molar-refractivity contribution in [2.45, 2.75) is 88.8 Å². The number of ether oxygens (including phenoxy) is 1. The zero-order valence-electron chi connectivity index (χ0n) is 13.4. The molecule has 2 unspecified atom stereocenters. The summed E-state index contributed by atoms with van der Waals surface area (Å²) in [6.07, 6.45) is 12.6. The number of nitrogens with zero attached hydrogens (tertiary/aromatic N) is 1. The van der Waals surface area contributed by atoms with Crippen LogP contribution in [-0.2, 0) is 4.74 Å². The van der Waals surface area contributed by atoms with Crippen molar-refractivity contribution in [1.82, 2.24) is 5.32 Å². The van der Waals surface area contributed by atoms with Crippen LogP contribution in [0.3, 0.4) is 0 Å². The largest absolute Gasteiger partial charge is 0.378 e. The molecule has 3 aliphatic rings. The average molecular weight is 290 g/mol. The molecule has 0 radical (unpaired) electrons. The van der Waals surface area contributed by atoms with Gasteiger partial charge in [-0.05, 0) is 69.6 Å². The first kappa shape index (κ1) is 15.3. The van der Waals surface area contributed by atoms with Crippen LogP contribution < -0.4 is 5.32 Å². The first-order valence-corrected chi connectivity index (χ1v) is 9.02. The standard InChI is InChI=1S/C18H30N2O/c1-14-4-8-17(9-5-14)21-12-10-15-3-2-11-18(15,13-19)20-16-6-7-16/h14-17,20H,2-12H2,1H3. The second-order valence-electron chi connectivity index (χ2n) is 7.63. The van der Waals surface area contributed by atoms with Crippen molar-refractivity contribution in [1.29, 1.82) is 5.26 Å². The Morgan fingerprint density at radius 3 is 2.57 bits per heavy atom. The summed E-state index contributed by atoms with van der Waals surface area (Å²) in [5, 5.41) is 13.3. The average Bonchev–Trinajstić information content (AvgIpc) is 3.21. The third-order valence-corrected chi connectivity index (χ3v) is 5.84. The van der Waals surface area contributed by atoms with Crippen LogP contribution in [0.5, 0.6) is 0 Å². The predicted molar refractivity (Wildman–Crippen MR) is 83.8 cm³/mol. The van der Waals surface area contributed by atoms with E-state index in [-0.39, 0.29) is 5.54 Å². The van der Waals surface area contributed by atoms with Crippen molar-refractivity contribution in [2.24, 2.45) is 11.8 Å². The molecule has 3 fully saturated rings. The minimum Gasteiger partial charge on any atom is -0.378 e. The van der Waals surface area contributed by atoms with Crippen LogP contribution in [0.15, 0.2) is 0 Å². The van der Waals surface area contributed by atoms with E-state index in [4.69, 9.17) is 4.74 Å². The number of hydrogen-bond donors (Lipinski definition) is 1. The Balaban J connectivity index is 1.44. The Bertz CT molecular complexity index is 379. The van der Waals surface area contributed by atoms with Crippen LogP contribution in [0, 0.1) is 23.2 Å². The fourth-order valence-corrected chi connectivity index (χ4v) is 4.20. The molecule has 3 rings (SSSR count). The Hall–Kier alpha value is -0.590. The van der Waals surface area contributed by atoms with E-state index in [1.165, 1.54) is 51.4 Å². The van der Waals surface area contributed by atoms with E-state index in [0.717, 1.165) is 25.4 Å². The Labute approximate surface area is 129 Å². The van der Waals surface area contributed by atoms with Gasteiger partial charge in [0.2, 0.25) is 0 Å². The summed E-state index contributed by atoms with van der Waals surface area (Å²) in [5.74, 6) is 1.37. The number of nitrogens with one attached hydrogen (secondary N) is 1. The van der Waals surface area contributed by atoms with E-state index >= 15 is 0 Å². The first-order chi connectivity index (χ1) is 10.2. The van der Waals surface area contributed by atoms with Crippen molar-refractivity contribution >= 4 is 0 Å². The Morgan fingerprint density at radius 2 is 1.90 bits per heavy atom. The van der Waals surface area contributed by atoms with Gasteiger partial charge >= 0.3 is 0 Å². The lowest BCUT2D eigenvalue weighted by Crippen LogP contribution is -2.48. The lowest BCUT2D eigenvalue weighted by Gasteiger charge is -2.31. The van der Waals surface area contributed by atoms with Crippen molar-refractivity contribution in [3.05, 3.63) is 0 Å². The van der Waals surface area contributed by atoms with E-state index in [1.807, 2.05) is 0 Å². The highest BCUT2D eigenvalue weighted by atomic mass is 16.5. The highest BCUT2D eigenvalue weighted by Crippen LogP contribution is 2.40. The molecule has 2 atom stereocenters. The maximum absolute atomic E-state index is 9.69. The summed E-state index contributed by atoms with van der Waals surface area (Å²) < 4.78 is 6.11. The molecule has 3 aliphatic carbocycles. The van der Waals surface area contributed by atoms with Gasteiger partial charge in [0.1, 0.15) is 5.54 Å². The maximum atomic E-state index is 9.69. The summed E-state index contributed by atoms with van der Waals surface area (Å²) >= 11 is 0. The molecule has 21 heavy (non-hydrogen) atoms. The molecular formula is C18H30N2O. The monoisotopic (exact) mass is 290 g/mol. The van der Waals surface area contributed by atoms with E-state index in [9.17, 15) is 5.26 Å². The number of hydrogen-bond acceptors (Lipinski definition) is 3. The van der Waals surface area contributed by atoms with Gasteiger partial charge in [0.05, 0.1) is 12.2 Å². The normalized spacial score (nSPS) is 40.1. The van der Waals surface area contributed by atoms with Crippen molar-refractivity contribution in [3.8, 4) is 6.07 Å². The van der Waals surface area contributed by atoms with E-state index in [0.29, 0.717) is 18.1 Å². The van der Waals surface area contributed by atoms with Gasteiger partial charge < -0.3 is 4.74 Å². The third kappa shape index (κ3) is 3.79. The summed E-state index contributed by atoms with van der Waals surface area (Å²) in [4.78, 5) is 0. The van der Waals surface area contributed by atoms with Gasteiger partial charge in [0.25, 0.3) is 0 Å². The second kappa shape index (κ2) is 6.67. The molecule has 3 nitrogen and oxygen atoms in total. The minimum absolute atomic E-state index is 0.244. The molecule has 0 aromatic heterocycles. The maximum Gasteiger partial charge on any atom is 0.109 e. The Kier molecular flexibility index (Phi) is 4.86. The predicted octanol–water partition coefficient (Wildman–Crippen LogP) is 3.79. The second-order valence-corrected chi connectivity index (χ2v) is 7.63. The quantitative estimate of drug-likeness (QED) is 0.809. The fourth-order valence-electron chi connectivity index (χ4n) is 4.20. The molecule has 0 aromatic carbocycles. The van der Waals surface area contributed by atoms with Gasteiger partial charge in [0, 0.05) is 12.6 Å². The third-order valence-electron chi connectivity index (χ3n) is 5.84. The van der Waals surface area contributed by atoms with Crippen LogP contribution >= 0.6 is 0 Å². The molecule has 0 aliphatic heterocycles. The van der Waals surface area contributed by atoms with Gasteiger partial charge in [-0.1, -0.05) is 13.3 Å². The van der Waals surface area contributed by atoms with Crippen molar-refractivity contribution in [2.75, 3.05) is 6.61 Å². The van der Waals surface area contributed by atoms with Crippen molar-refractivity contribution in [3.63, 3.8) is 0 Å². The summed E-state index contributed by atoms with van der Waals surface area (Å²) in [6, 6.07) is 3.24. The van der Waals surface area contributed by atoms with Crippen LogP contribution in [0.2, 0.25) is 0 Å². The van der Waals surface area contributed by atoms with Crippen molar-refractivity contribution < 1.29 is 4.74 Å². The van der Waals surface area contributed by atoms with Crippen LogP contribution in [0.1, 0.15) is 71.1 Å². The number of rotatable bonds is 6. The highest BCUT2D eigenvalue weighted by Gasteiger charge is 2.45. The minimum atomic E-state index is -0.244. The molecule has 0 saturated heterocycles. The van der Waals surface area contributed by atoms with Gasteiger partial charge in [-0.3, -0.25) is 5.32 Å². The zero-order valence-corrected chi connectivity index (χ0v) is 13.4. The molecular weight excluding hydrogens is 260 g/mol. The van der Waals surface area contributed by atoms with Gasteiger partial charge in [0.15, 0.2) is 0 Å². The molecule has 1 N–H and O–H groups in total. The van der Waals surface area contributed by atoms with E-state index in [1.54, 1.807) is 0 Å². The van der Waals surface area contributed by atoms with Gasteiger partial charge in [-0.25, -0.2) is 0 Å². The molecule has 3 saturated carbocycles.